The van der Waals surface area contributed by atoms with E-state index in [1.54, 1.807) is 29.2 Å². The summed E-state index contributed by atoms with van der Waals surface area (Å²) < 4.78 is 22.8. The number of hydrogen-bond donors (Lipinski definition) is 2. The molecule has 158 valence electrons. The van der Waals surface area contributed by atoms with Crippen molar-refractivity contribution in [1.29, 1.82) is 0 Å². The molecule has 9 heteroatoms. The zero-order chi connectivity index (χ0) is 21.3. The summed E-state index contributed by atoms with van der Waals surface area (Å²) in [4.78, 5) is 29.0. The van der Waals surface area contributed by atoms with Gasteiger partial charge in [0, 0.05) is 36.1 Å². The van der Waals surface area contributed by atoms with Crippen LogP contribution in [0.1, 0.15) is 28.8 Å². The number of amides is 3. The number of primary sulfonamides is 1. The lowest BCUT2D eigenvalue weighted by atomic mass is 10.1. The van der Waals surface area contributed by atoms with Crippen LogP contribution in [0.3, 0.4) is 0 Å². The topological polar surface area (TPSA) is 113 Å². The van der Waals surface area contributed by atoms with Gasteiger partial charge in [0.1, 0.15) is 0 Å². The Balaban J connectivity index is 1.47. The number of nitrogens with zero attached hydrogens (tertiary/aromatic N) is 2. The van der Waals surface area contributed by atoms with Crippen LogP contribution in [0.15, 0.2) is 48.5 Å². The van der Waals surface area contributed by atoms with E-state index in [2.05, 4.69) is 5.32 Å². The fraction of sp³-hybridized carbons (Fsp3) is 0.333. The number of urea groups is 1. The molecule has 1 saturated heterocycles. The van der Waals surface area contributed by atoms with Gasteiger partial charge in [-0.3, -0.25) is 4.79 Å². The molecule has 1 unspecified atom stereocenters. The lowest BCUT2D eigenvalue weighted by Crippen LogP contribution is -2.43. The molecule has 2 aliphatic heterocycles. The Bertz CT molecular complexity index is 1090. The number of carbonyl (C=O) groups is 2. The standard InChI is InChI=1S/C21H24N4O4S/c22-30(28,29)14-18-8-4-11-24(18)21(27)23-17-7-3-6-16(13-17)20(26)25-12-10-15-5-1-2-9-19(15)25/h1-3,5-7,9,13,18H,4,8,10-12,14H2,(H,23,27)(H2,22,28,29). The second kappa shape index (κ2) is 8.08. The summed E-state index contributed by atoms with van der Waals surface area (Å²) in [6.45, 7) is 1.09. The summed E-state index contributed by atoms with van der Waals surface area (Å²) in [5, 5.41) is 7.93. The third kappa shape index (κ3) is 4.31. The predicted molar refractivity (Wildman–Crippen MR) is 115 cm³/mol. The number of likely N-dealkylation sites (tertiary alicyclic amines) is 1. The SMILES string of the molecule is NS(=O)(=O)CC1CCCN1C(=O)Nc1cccc(C(=O)N2CCc3ccccc32)c1. The van der Waals surface area contributed by atoms with Crippen LogP contribution in [0.5, 0.6) is 0 Å². The van der Waals surface area contributed by atoms with Crippen LogP contribution in [0.25, 0.3) is 0 Å². The molecular formula is C21H24N4O4S. The van der Waals surface area contributed by atoms with Crippen LogP contribution in [0.4, 0.5) is 16.2 Å². The van der Waals surface area contributed by atoms with Crippen molar-refractivity contribution < 1.29 is 18.0 Å². The number of carbonyl (C=O) groups excluding carboxylic acids is 2. The number of para-hydroxylation sites is 1. The van der Waals surface area contributed by atoms with Crippen LogP contribution in [0, 0.1) is 0 Å². The number of benzene rings is 2. The van der Waals surface area contributed by atoms with Crippen LogP contribution in [-0.2, 0) is 16.4 Å². The summed E-state index contributed by atoms with van der Waals surface area (Å²) in [7, 11) is -3.67. The molecule has 3 N–H and O–H groups in total. The van der Waals surface area contributed by atoms with E-state index in [0.717, 1.165) is 24.1 Å². The molecule has 8 nitrogen and oxygen atoms in total. The van der Waals surface area contributed by atoms with Crippen molar-refractivity contribution >= 4 is 33.3 Å². The first-order chi connectivity index (χ1) is 14.3. The van der Waals surface area contributed by atoms with E-state index in [1.165, 1.54) is 4.90 Å². The van der Waals surface area contributed by atoms with E-state index >= 15 is 0 Å². The second-order valence-electron chi connectivity index (χ2n) is 7.67. The van der Waals surface area contributed by atoms with Crippen LogP contribution >= 0.6 is 0 Å². The minimum Gasteiger partial charge on any atom is -0.320 e. The fourth-order valence-corrected chi connectivity index (χ4v) is 5.06. The van der Waals surface area contributed by atoms with Crippen molar-refractivity contribution in [3.8, 4) is 0 Å². The zero-order valence-electron chi connectivity index (χ0n) is 16.5. The maximum atomic E-state index is 13.0. The molecule has 0 bridgehead atoms. The van der Waals surface area contributed by atoms with Gasteiger partial charge in [-0.2, -0.15) is 0 Å². The predicted octanol–water partition coefficient (Wildman–Crippen LogP) is 2.17. The quantitative estimate of drug-likeness (QED) is 0.777. The van der Waals surface area contributed by atoms with Crippen molar-refractivity contribution in [2.24, 2.45) is 5.14 Å². The highest BCUT2D eigenvalue weighted by Gasteiger charge is 2.32. The molecule has 30 heavy (non-hydrogen) atoms. The third-order valence-corrected chi connectivity index (χ3v) is 6.41. The average molecular weight is 429 g/mol. The molecule has 2 aromatic carbocycles. The van der Waals surface area contributed by atoms with Gasteiger partial charge in [0.05, 0.1) is 5.75 Å². The Hall–Kier alpha value is -2.91. The number of sulfonamides is 1. The van der Waals surface area contributed by atoms with Gasteiger partial charge in [0.15, 0.2) is 0 Å². The van der Waals surface area contributed by atoms with E-state index in [-0.39, 0.29) is 11.7 Å². The second-order valence-corrected chi connectivity index (χ2v) is 9.32. The Labute approximate surface area is 175 Å². The Kier molecular flexibility index (Phi) is 5.48. The molecule has 2 heterocycles. The number of rotatable bonds is 4. The number of nitrogens with one attached hydrogen (secondary N) is 1. The minimum atomic E-state index is -3.67. The van der Waals surface area contributed by atoms with Gasteiger partial charge in [-0.05, 0) is 49.1 Å². The number of nitrogens with two attached hydrogens (primary N) is 1. The first-order valence-electron chi connectivity index (χ1n) is 9.90. The van der Waals surface area contributed by atoms with Crippen molar-refractivity contribution in [2.45, 2.75) is 25.3 Å². The first-order valence-corrected chi connectivity index (χ1v) is 11.6. The maximum Gasteiger partial charge on any atom is 0.322 e. The van der Waals surface area contributed by atoms with Crippen LogP contribution in [-0.4, -0.2) is 50.1 Å². The summed E-state index contributed by atoms with van der Waals surface area (Å²) in [6.07, 6.45) is 2.13. The van der Waals surface area contributed by atoms with Gasteiger partial charge in [-0.15, -0.1) is 0 Å². The average Bonchev–Trinajstić information content (AvgIpc) is 3.33. The Morgan fingerprint density at radius 1 is 1.10 bits per heavy atom. The normalized spacial score (nSPS) is 18.4. The molecule has 2 aliphatic rings. The van der Waals surface area contributed by atoms with Gasteiger partial charge in [-0.25, -0.2) is 18.4 Å². The lowest BCUT2D eigenvalue weighted by Gasteiger charge is -2.24. The van der Waals surface area contributed by atoms with Gasteiger partial charge >= 0.3 is 6.03 Å². The highest BCUT2D eigenvalue weighted by molar-refractivity contribution is 7.89. The van der Waals surface area contributed by atoms with Gasteiger partial charge in [0.2, 0.25) is 10.0 Å². The van der Waals surface area contributed by atoms with E-state index in [4.69, 9.17) is 5.14 Å². The number of fused-ring (bicyclic) bond motifs is 1. The molecule has 0 saturated carbocycles. The lowest BCUT2D eigenvalue weighted by molar-refractivity contribution is 0.0989. The van der Waals surface area contributed by atoms with Crippen LogP contribution < -0.4 is 15.4 Å². The van der Waals surface area contributed by atoms with Gasteiger partial charge in [0.25, 0.3) is 5.91 Å². The monoisotopic (exact) mass is 428 g/mol. The molecule has 0 aromatic heterocycles. The summed E-state index contributed by atoms with van der Waals surface area (Å²) in [5.41, 5.74) is 3.02. The first kappa shape index (κ1) is 20.4. The molecule has 2 aromatic rings. The molecule has 3 amide bonds. The number of anilines is 2. The molecule has 1 fully saturated rings. The molecular weight excluding hydrogens is 404 g/mol. The molecule has 1 atom stereocenters. The van der Waals surface area contributed by atoms with E-state index in [1.807, 2.05) is 24.3 Å². The highest BCUT2D eigenvalue weighted by atomic mass is 32.2. The summed E-state index contributed by atoms with van der Waals surface area (Å²) in [5.74, 6) is -0.378. The Morgan fingerprint density at radius 3 is 2.70 bits per heavy atom. The maximum absolute atomic E-state index is 13.0. The zero-order valence-corrected chi connectivity index (χ0v) is 17.3. The molecule has 0 radical (unpaired) electrons. The van der Waals surface area contributed by atoms with Gasteiger partial charge in [-0.1, -0.05) is 24.3 Å². The van der Waals surface area contributed by atoms with Crippen molar-refractivity contribution in [1.82, 2.24) is 4.90 Å². The fourth-order valence-electron chi connectivity index (χ4n) is 4.17. The summed E-state index contributed by atoms with van der Waals surface area (Å²) >= 11 is 0. The highest BCUT2D eigenvalue weighted by Crippen LogP contribution is 2.29. The minimum absolute atomic E-state index is 0.121. The molecule has 4 rings (SSSR count). The largest absolute Gasteiger partial charge is 0.322 e. The molecule has 0 spiro atoms. The Morgan fingerprint density at radius 2 is 1.90 bits per heavy atom. The van der Waals surface area contributed by atoms with Crippen molar-refractivity contribution in [2.75, 3.05) is 29.1 Å². The smallest absolute Gasteiger partial charge is 0.320 e. The van der Waals surface area contributed by atoms with Gasteiger partial charge < -0.3 is 15.1 Å². The van der Waals surface area contributed by atoms with E-state index < -0.39 is 22.1 Å². The third-order valence-electron chi connectivity index (χ3n) is 5.56. The summed E-state index contributed by atoms with van der Waals surface area (Å²) in [6, 6.07) is 13.8. The van der Waals surface area contributed by atoms with E-state index in [0.29, 0.717) is 30.8 Å². The number of hydrogen-bond acceptors (Lipinski definition) is 4. The molecule has 0 aliphatic carbocycles. The van der Waals surface area contributed by atoms with Crippen LogP contribution in [0.2, 0.25) is 0 Å². The van der Waals surface area contributed by atoms with Crippen molar-refractivity contribution in [3.05, 3.63) is 59.7 Å². The van der Waals surface area contributed by atoms with E-state index in [9.17, 15) is 18.0 Å². The van der Waals surface area contributed by atoms with Crippen molar-refractivity contribution in [3.63, 3.8) is 0 Å².